The molecule has 4 nitrogen and oxygen atoms in total. The summed E-state index contributed by atoms with van der Waals surface area (Å²) in [5, 5.41) is 2.77. The first kappa shape index (κ1) is 20.1. The molecule has 0 atom stereocenters. The number of nitrogens with one attached hydrogen (secondary N) is 1. The lowest BCUT2D eigenvalue weighted by Crippen LogP contribution is -2.38. The molecule has 2 amide bonds. The number of carbonyl (C=O) groups excluding carboxylic acids is 2. The summed E-state index contributed by atoms with van der Waals surface area (Å²) in [4.78, 5) is 25.7. The molecule has 0 saturated carbocycles. The van der Waals surface area contributed by atoms with E-state index in [1.807, 2.05) is 29.2 Å². The SMILES string of the molecule is CC(=O)NCc1ccc(C(=O)N2CCC(CCc3ccc(C)cc3)CC2)cc1. The summed E-state index contributed by atoms with van der Waals surface area (Å²) in [5.74, 6) is 0.763. The second kappa shape index (κ2) is 9.54. The summed E-state index contributed by atoms with van der Waals surface area (Å²) in [7, 11) is 0. The minimum absolute atomic E-state index is 0.0506. The monoisotopic (exact) mass is 378 g/mol. The molecule has 2 aromatic rings. The number of hydrogen-bond acceptors (Lipinski definition) is 2. The fourth-order valence-corrected chi connectivity index (χ4v) is 3.72. The van der Waals surface area contributed by atoms with Crippen molar-refractivity contribution in [3.63, 3.8) is 0 Å². The van der Waals surface area contributed by atoms with Gasteiger partial charge in [0, 0.05) is 32.1 Å². The van der Waals surface area contributed by atoms with Crippen LogP contribution in [0.25, 0.3) is 0 Å². The van der Waals surface area contributed by atoms with Gasteiger partial charge >= 0.3 is 0 Å². The number of piperidine rings is 1. The summed E-state index contributed by atoms with van der Waals surface area (Å²) in [6.07, 6.45) is 4.48. The van der Waals surface area contributed by atoms with Crippen molar-refractivity contribution < 1.29 is 9.59 Å². The van der Waals surface area contributed by atoms with Crippen LogP contribution in [0.4, 0.5) is 0 Å². The van der Waals surface area contributed by atoms with Gasteiger partial charge in [-0.25, -0.2) is 0 Å². The zero-order chi connectivity index (χ0) is 19.9. The van der Waals surface area contributed by atoms with Gasteiger partial charge in [-0.3, -0.25) is 9.59 Å². The summed E-state index contributed by atoms with van der Waals surface area (Å²) in [5.41, 5.74) is 4.44. The molecule has 0 aliphatic carbocycles. The Morgan fingerprint density at radius 1 is 0.964 bits per heavy atom. The van der Waals surface area contributed by atoms with Gasteiger partial charge in [-0.2, -0.15) is 0 Å². The van der Waals surface area contributed by atoms with Gasteiger partial charge in [0.2, 0.25) is 5.91 Å². The standard InChI is InChI=1S/C24H30N2O2/c1-18-3-5-20(6-4-18)7-8-21-13-15-26(16-14-21)24(28)23-11-9-22(10-12-23)17-25-19(2)27/h3-6,9-12,21H,7-8,13-17H2,1-2H3,(H,25,27). The maximum absolute atomic E-state index is 12.8. The molecule has 1 aliphatic heterocycles. The van der Waals surface area contributed by atoms with Crippen LogP contribution in [0.2, 0.25) is 0 Å². The van der Waals surface area contributed by atoms with Crippen molar-refractivity contribution in [2.24, 2.45) is 5.92 Å². The average molecular weight is 379 g/mol. The molecule has 0 bridgehead atoms. The van der Waals surface area contributed by atoms with Crippen molar-refractivity contribution in [2.75, 3.05) is 13.1 Å². The third-order valence-corrected chi connectivity index (χ3v) is 5.61. The summed E-state index contributed by atoms with van der Waals surface area (Å²) in [6.45, 7) is 5.79. The number of amides is 2. The molecule has 1 saturated heterocycles. The van der Waals surface area contributed by atoms with E-state index in [-0.39, 0.29) is 11.8 Å². The molecule has 0 aromatic heterocycles. The van der Waals surface area contributed by atoms with Gasteiger partial charge in [0.15, 0.2) is 0 Å². The molecule has 0 spiro atoms. The first-order chi connectivity index (χ1) is 13.5. The summed E-state index contributed by atoms with van der Waals surface area (Å²) >= 11 is 0. The van der Waals surface area contributed by atoms with Gasteiger partial charge in [-0.05, 0) is 61.8 Å². The van der Waals surface area contributed by atoms with E-state index in [1.165, 1.54) is 24.5 Å². The molecule has 1 fully saturated rings. The first-order valence-electron chi connectivity index (χ1n) is 10.2. The van der Waals surface area contributed by atoms with E-state index < -0.39 is 0 Å². The lowest BCUT2D eigenvalue weighted by molar-refractivity contribution is -0.119. The van der Waals surface area contributed by atoms with E-state index >= 15 is 0 Å². The van der Waals surface area contributed by atoms with Gasteiger partial charge in [-0.1, -0.05) is 42.0 Å². The highest BCUT2D eigenvalue weighted by Crippen LogP contribution is 2.24. The zero-order valence-corrected chi connectivity index (χ0v) is 16.9. The predicted molar refractivity (Wildman–Crippen MR) is 112 cm³/mol. The molecule has 2 aromatic carbocycles. The van der Waals surface area contributed by atoms with Crippen LogP contribution in [0.5, 0.6) is 0 Å². The topological polar surface area (TPSA) is 49.4 Å². The van der Waals surface area contributed by atoms with Crippen molar-refractivity contribution in [1.82, 2.24) is 10.2 Å². The Morgan fingerprint density at radius 2 is 1.57 bits per heavy atom. The van der Waals surface area contributed by atoms with Crippen LogP contribution in [0.15, 0.2) is 48.5 Å². The van der Waals surface area contributed by atoms with E-state index in [9.17, 15) is 9.59 Å². The fraction of sp³-hybridized carbons (Fsp3) is 0.417. The van der Waals surface area contributed by atoms with Crippen molar-refractivity contribution in [2.45, 2.75) is 46.1 Å². The highest BCUT2D eigenvalue weighted by Gasteiger charge is 2.23. The van der Waals surface area contributed by atoms with E-state index in [4.69, 9.17) is 0 Å². The molecule has 1 aliphatic rings. The molecule has 28 heavy (non-hydrogen) atoms. The number of nitrogens with zero attached hydrogens (tertiary/aromatic N) is 1. The Hall–Kier alpha value is -2.62. The molecular formula is C24H30N2O2. The van der Waals surface area contributed by atoms with Gasteiger partial charge in [-0.15, -0.1) is 0 Å². The van der Waals surface area contributed by atoms with Gasteiger partial charge in [0.05, 0.1) is 0 Å². The third-order valence-electron chi connectivity index (χ3n) is 5.61. The maximum atomic E-state index is 12.8. The minimum atomic E-state index is -0.0506. The quantitative estimate of drug-likeness (QED) is 0.822. The lowest BCUT2D eigenvalue weighted by atomic mass is 9.90. The van der Waals surface area contributed by atoms with E-state index in [0.29, 0.717) is 12.5 Å². The van der Waals surface area contributed by atoms with E-state index in [0.717, 1.165) is 43.5 Å². The van der Waals surface area contributed by atoms with Crippen molar-refractivity contribution in [3.05, 3.63) is 70.8 Å². The second-order valence-electron chi connectivity index (χ2n) is 7.87. The molecule has 0 radical (unpaired) electrons. The smallest absolute Gasteiger partial charge is 0.253 e. The van der Waals surface area contributed by atoms with Crippen molar-refractivity contribution in [3.8, 4) is 0 Å². The molecule has 148 valence electrons. The van der Waals surface area contributed by atoms with Crippen LogP contribution in [0.1, 0.15) is 53.2 Å². The number of carbonyl (C=O) groups is 2. The highest BCUT2D eigenvalue weighted by molar-refractivity contribution is 5.94. The van der Waals surface area contributed by atoms with Crippen LogP contribution in [-0.4, -0.2) is 29.8 Å². The molecular weight excluding hydrogens is 348 g/mol. The third kappa shape index (κ3) is 5.69. The van der Waals surface area contributed by atoms with Gasteiger partial charge in [0.1, 0.15) is 0 Å². The molecule has 0 unspecified atom stereocenters. The van der Waals surface area contributed by atoms with Crippen LogP contribution in [-0.2, 0) is 17.8 Å². The van der Waals surface area contributed by atoms with Crippen molar-refractivity contribution >= 4 is 11.8 Å². The zero-order valence-electron chi connectivity index (χ0n) is 16.9. The molecule has 1 N–H and O–H groups in total. The average Bonchev–Trinajstić information content (AvgIpc) is 2.72. The Kier molecular flexibility index (Phi) is 6.85. The summed E-state index contributed by atoms with van der Waals surface area (Å²) < 4.78 is 0. The number of rotatable bonds is 6. The van der Waals surface area contributed by atoms with Crippen molar-refractivity contribution in [1.29, 1.82) is 0 Å². The van der Waals surface area contributed by atoms with Crippen LogP contribution in [0, 0.1) is 12.8 Å². The van der Waals surface area contributed by atoms with Gasteiger partial charge < -0.3 is 10.2 Å². The molecule has 1 heterocycles. The Morgan fingerprint density at radius 3 is 2.18 bits per heavy atom. The minimum Gasteiger partial charge on any atom is -0.352 e. The van der Waals surface area contributed by atoms with Crippen LogP contribution < -0.4 is 5.32 Å². The second-order valence-corrected chi connectivity index (χ2v) is 7.87. The first-order valence-corrected chi connectivity index (χ1v) is 10.2. The van der Waals surface area contributed by atoms with Crippen LogP contribution >= 0.6 is 0 Å². The lowest BCUT2D eigenvalue weighted by Gasteiger charge is -2.32. The largest absolute Gasteiger partial charge is 0.352 e. The number of aryl methyl sites for hydroxylation is 2. The summed E-state index contributed by atoms with van der Waals surface area (Å²) in [6, 6.07) is 16.4. The Bertz CT molecular complexity index is 788. The molecule has 4 heteroatoms. The number of benzene rings is 2. The van der Waals surface area contributed by atoms with Crippen LogP contribution in [0.3, 0.4) is 0 Å². The predicted octanol–water partition coefficient (Wildman–Crippen LogP) is 4.12. The Labute approximate surface area is 167 Å². The van der Waals surface area contributed by atoms with Gasteiger partial charge in [0.25, 0.3) is 5.91 Å². The van der Waals surface area contributed by atoms with E-state index in [1.54, 1.807) is 0 Å². The fourth-order valence-electron chi connectivity index (χ4n) is 3.72. The molecule has 3 rings (SSSR count). The highest BCUT2D eigenvalue weighted by atomic mass is 16.2. The number of likely N-dealkylation sites (tertiary alicyclic amines) is 1. The number of hydrogen-bond donors (Lipinski definition) is 1. The Balaban J connectivity index is 1.45. The normalized spacial score (nSPS) is 14.7. The van der Waals surface area contributed by atoms with E-state index in [2.05, 4.69) is 36.5 Å². The maximum Gasteiger partial charge on any atom is 0.253 e.